The molecule has 1 saturated heterocycles. The van der Waals surface area contributed by atoms with Crippen LogP contribution in [0, 0.1) is 0 Å². The van der Waals surface area contributed by atoms with Crippen molar-refractivity contribution in [1.29, 1.82) is 0 Å². The number of amides is 1. The van der Waals surface area contributed by atoms with Crippen molar-refractivity contribution in [2.24, 2.45) is 0 Å². The summed E-state index contributed by atoms with van der Waals surface area (Å²) in [5.41, 5.74) is 0.868. The molecule has 2 aliphatic rings. The topological polar surface area (TPSA) is 29.5 Å². The first-order chi connectivity index (χ1) is 9.78. The zero-order chi connectivity index (χ0) is 13.6. The van der Waals surface area contributed by atoms with E-state index in [0.717, 1.165) is 23.9 Å². The van der Waals surface area contributed by atoms with Gasteiger partial charge >= 0.3 is 6.09 Å². The normalized spacial score (nSPS) is 20.8. The molecule has 3 nitrogen and oxygen atoms in total. The van der Waals surface area contributed by atoms with Crippen molar-refractivity contribution in [3.63, 3.8) is 0 Å². The van der Waals surface area contributed by atoms with Crippen molar-refractivity contribution in [2.45, 2.75) is 31.2 Å². The van der Waals surface area contributed by atoms with Crippen molar-refractivity contribution >= 4 is 22.6 Å². The van der Waals surface area contributed by atoms with E-state index in [9.17, 15) is 4.79 Å². The summed E-state index contributed by atoms with van der Waals surface area (Å²) >= 11 is 0. The van der Waals surface area contributed by atoms with Crippen molar-refractivity contribution < 1.29 is 9.53 Å². The molecule has 2 aromatic carbocycles. The summed E-state index contributed by atoms with van der Waals surface area (Å²) in [5.74, 6) is 0. The number of anilines is 1. The van der Waals surface area contributed by atoms with E-state index in [1.165, 1.54) is 18.2 Å². The van der Waals surface area contributed by atoms with Crippen LogP contribution in [0.15, 0.2) is 42.5 Å². The molecular formula is C17H17NO2. The average molecular weight is 267 g/mol. The Bertz CT molecular complexity index is 673. The van der Waals surface area contributed by atoms with Gasteiger partial charge in [0, 0.05) is 5.69 Å². The molecule has 2 aromatic rings. The Labute approximate surface area is 118 Å². The van der Waals surface area contributed by atoms with Crippen molar-refractivity contribution in [2.75, 3.05) is 11.5 Å². The molecule has 4 rings (SSSR count). The summed E-state index contributed by atoms with van der Waals surface area (Å²) in [6.07, 6.45) is 4.26. The highest BCUT2D eigenvalue weighted by atomic mass is 16.6. The van der Waals surface area contributed by atoms with Gasteiger partial charge in [0.2, 0.25) is 0 Å². The number of benzene rings is 2. The molecule has 0 bridgehead atoms. The summed E-state index contributed by atoms with van der Waals surface area (Å²) in [5, 5.41) is 2.36. The molecule has 0 radical (unpaired) electrons. The smallest absolute Gasteiger partial charge is 0.415 e. The van der Waals surface area contributed by atoms with Crippen molar-refractivity contribution in [3.05, 3.63) is 42.5 Å². The van der Waals surface area contributed by atoms with Crippen LogP contribution in [0.5, 0.6) is 0 Å². The summed E-state index contributed by atoms with van der Waals surface area (Å²) < 4.78 is 5.36. The van der Waals surface area contributed by atoms with Gasteiger partial charge in [-0.2, -0.15) is 0 Å². The fraction of sp³-hybridized carbons (Fsp3) is 0.353. The van der Waals surface area contributed by atoms with Crippen molar-refractivity contribution in [3.8, 4) is 0 Å². The first kappa shape index (κ1) is 11.8. The molecule has 0 unspecified atom stereocenters. The minimum absolute atomic E-state index is 0.0977. The van der Waals surface area contributed by atoms with Gasteiger partial charge in [0.25, 0.3) is 0 Å². The zero-order valence-electron chi connectivity index (χ0n) is 11.3. The second kappa shape index (κ2) is 4.23. The summed E-state index contributed by atoms with van der Waals surface area (Å²) in [6.45, 7) is 0.540. The minimum Gasteiger partial charge on any atom is -0.447 e. The lowest BCUT2D eigenvalue weighted by Gasteiger charge is -2.31. The summed E-state index contributed by atoms with van der Waals surface area (Å²) in [4.78, 5) is 14.1. The van der Waals surface area contributed by atoms with Crippen LogP contribution < -0.4 is 4.90 Å². The lowest BCUT2D eigenvalue weighted by molar-refractivity contribution is 0.173. The van der Waals surface area contributed by atoms with Gasteiger partial charge in [-0.25, -0.2) is 4.79 Å². The molecule has 102 valence electrons. The maximum absolute atomic E-state index is 12.2. The third-order valence-electron chi connectivity index (χ3n) is 4.65. The molecule has 1 spiro atoms. The highest BCUT2D eigenvalue weighted by Gasteiger charge is 2.49. The first-order valence-electron chi connectivity index (χ1n) is 7.24. The van der Waals surface area contributed by atoms with E-state index in [1.807, 2.05) is 23.1 Å². The van der Waals surface area contributed by atoms with Crippen molar-refractivity contribution in [1.82, 2.24) is 0 Å². The van der Waals surface area contributed by atoms with E-state index in [4.69, 9.17) is 4.74 Å². The number of carbonyl (C=O) groups excluding carboxylic acids is 1. The molecule has 0 atom stereocenters. The standard InChI is InChI=1S/C17H17NO2/c19-16-18(17(12-20-16)9-3-4-10-17)15-8-7-13-5-1-2-6-14(13)11-15/h1-2,5-8,11H,3-4,9-10,12H2. The molecule has 1 amide bonds. The second-order valence-electron chi connectivity index (χ2n) is 5.85. The lowest BCUT2D eigenvalue weighted by atomic mass is 9.96. The van der Waals surface area contributed by atoms with E-state index in [1.54, 1.807) is 0 Å². The number of cyclic esters (lactones) is 1. The molecule has 1 saturated carbocycles. The molecule has 1 heterocycles. The van der Waals surface area contributed by atoms with Gasteiger partial charge in [0.05, 0.1) is 5.54 Å². The van der Waals surface area contributed by atoms with Crippen LogP contribution in [0.25, 0.3) is 10.8 Å². The zero-order valence-corrected chi connectivity index (χ0v) is 11.3. The van der Waals surface area contributed by atoms with Crippen LogP contribution in [0.2, 0.25) is 0 Å². The molecule has 0 aromatic heterocycles. The fourth-order valence-corrected chi connectivity index (χ4v) is 3.61. The Morgan fingerprint density at radius 1 is 1.00 bits per heavy atom. The SMILES string of the molecule is O=C1OCC2(CCCC2)N1c1ccc2ccccc2c1. The quantitative estimate of drug-likeness (QED) is 0.778. The molecule has 0 N–H and O–H groups in total. The average Bonchev–Trinajstić information content (AvgIpc) is 3.07. The maximum Gasteiger partial charge on any atom is 0.415 e. The van der Waals surface area contributed by atoms with Crippen LogP contribution in [0.3, 0.4) is 0 Å². The largest absolute Gasteiger partial charge is 0.447 e. The Hall–Kier alpha value is -2.03. The summed E-state index contributed by atoms with van der Waals surface area (Å²) in [6, 6.07) is 14.5. The number of fused-ring (bicyclic) bond motifs is 1. The van der Waals surface area contributed by atoms with Crippen LogP contribution in [0.4, 0.5) is 10.5 Å². The Balaban J connectivity index is 1.82. The first-order valence-corrected chi connectivity index (χ1v) is 7.24. The second-order valence-corrected chi connectivity index (χ2v) is 5.85. The summed E-state index contributed by atoms with van der Waals surface area (Å²) in [7, 11) is 0. The van der Waals surface area contributed by atoms with Gasteiger partial charge in [0.1, 0.15) is 6.61 Å². The van der Waals surface area contributed by atoms with Gasteiger partial charge in [-0.3, -0.25) is 4.90 Å². The van der Waals surface area contributed by atoms with E-state index in [2.05, 4.69) is 24.3 Å². The third-order valence-corrected chi connectivity index (χ3v) is 4.65. The Kier molecular flexibility index (Phi) is 2.49. The number of carbonyl (C=O) groups is 1. The number of rotatable bonds is 1. The number of nitrogens with zero attached hydrogens (tertiary/aromatic N) is 1. The Morgan fingerprint density at radius 3 is 2.55 bits per heavy atom. The molecular weight excluding hydrogens is 250 g/mol. The number of hydrogen-bond donors (Lipinski definition) is 0. The van der Waals surface area contributed by atoms with Gasteiger partial charge in [-0.05, 0) is 35.7 Å². The fourth-order valence-electron chi connectivity index (χ4n) is 3.61. The molecule has 1 aliphatic heterocycles. The van der Waals surface area contributed by atoms with E-state index in [-0.39, 0.29) is 11.6 Å². The van der Waals surface area contributed by atoms with E-state index < -0.39 is 0 Å². The van der Waals surface area contributed by atoms with Crippen LogP contribution in [-0.4, -0.2) is 18.2 Å². The highest BCUT2D eigenvalue weighted by molar-refractivity contribution is 5.95. The van der Waals surface area contributed by atoms with E-state index in [0.29, 0.717) is 6.61 Å². The monoisotopic (exact) mass is 267 g/mol. The van der Waals surface area contributed by atoms with Crippen LogP contribution in [0.1, 0.15) is 25.7 Å². The predicted octanol–water partition coefficient (Wildman–Crippen LogP) is 4.11. The molecule has 1 aliphatic carbocycles. The number of hydrogen-bond acceptors (Lipinski definition) is 2. The lowest BCUT2D eigenvalue weighted by Crippen LogP contribution is -2.45. The van der Waals surface area contributed by atoms with Gasteiger partial charge in [-0.15, -0.1) is 0 Å². The molecule has 3 heteroatoms. The minimum atomic E-state index is -0.192. The predicted molar refractivity (Wildman–Crippen MR) is 79.0 cm³/mol. The molecule has 2 fully saturated rings. The van der Waals surface area contributed by atoms with Gasteiger partial charge in [-0.1, -0.05) is 43.2 Å². The van der Waals surface area contributed by atoms with Gasteiger partial charge < -0.3 is 4.74 Å². The molecule has 20 heavy (non-hydrogen) atoms. The van der Waals surface area contributed by atoms with Gasteiger partial charge in [0.15, 0.2) is 0 Å². The Morgan fingerprint density at radius 2 is 1.75 bits per heavy atom. The van der Waals surface area contributed by atoms with Crippen LogP contribution >= 0.6 is 0 Å². The third kappa shape index (κ3) is 1.62. The maximum atomic E-state index is 12.2. The van der Waals surface area contributed by atoms with Crippen LogP contribution in [-0.2, 0) is 4.74 Å². The highest BCUT2D eigenvalue weighted by Crippen LogP contribution is 2.42. The number of ether oxygens (including phenoxy) is 1. The van der Waals surface area contributed by atoms with E-state index >= 15 is 0 Å².